The molecule has 1 aromatic heterocycles. The number of halogens is 1. The molecule has 0 atom stereocenters. The van der Waals surface area contributed by atoms with E-state index in [1.807, 2.05) is 42.5 Å². The molecule has 0 amide bonds. The Morgan fingerprint density at radius 1 is 1.10 bits per heavy atom. The molecule has 0 aliphatic rings. The van der Waals surface area contributed by atoms with Gasteiger partial charge in [0.25, 0.3) is 0 Å². The van der Waals surface area contributed by atoms with E-state index in [-0.39, 0.29) is 5.75 Å². The van der Waals surface area contributed by atoms with E-state index in [2.05, 4.69) is 31.4 Å². The van der Waals surface area contributed by atoms with Crippen LogP contribution in [0.25, 0.3) is 11.3 Å². The van der Waals surface area contributed by atoms with Crippen LogP contribution in [0.15, 0.2) is 59.2 Å². The number of phenols is 1. The molecule has 3 N–H and O–H groups in total. The van der Waals surface area contributed by atoms with Crippen molar-refractivity contribution in [3.63, 3.8) is 0 Å². The lowest BCUT2D eigenvalue weighted by atomic mass is 10.1. The highest BCUT2D eigenvalue weighted by Crippen LogP contribution is 2.25. The Labute approximate surface area is 131 Å². The Kier molecular flexibility index (Phi) is 3.92. The zero-order chi connectivity index (χ0) is 14.7. The number of phenolic OH excluding ortho intramolecular Hbond substituents is 1. The molecular formula is C16H14BrN3O. The van der Waals surface area contributed by atoms with Gasteiger partial charge in [0.1, 0.15) is 5.75 Å². The van der Waals surface area contributed by atoms with Crippen molar-refractivity contribution < 1.29 is 5.11 Å². The molecule has 0 aliphatic carbocycles. The summed E-state index contributed by atoms with van der Waals surface area (Å²) in [5, 5.41) is 19.7. The molecule has 0 unspecified atom stereocenters. The van der Waals surface area contributed by atoms with Crippen LogP contribution in [-0.2, 0) is 6.54 Å². The van der Waals surface area contributed by atoms with Gasteiger partial charge >= 0.3 is 0 Å². The van der Waals surface area contributed by atoms with Gasteiger partial charge < -0.3 is 10.4 Å². The minimum Gasteiger partial charge on any atom is -0.507 e. The molecule has 0 spiro atoms. The van der Waals surface area contributed by atoms with Crippen molar-refractivity contribution in [2.45, 2.75) is 6.54 Å². The van der Waals surface area contributed by atoms with Gasteiger partial charge in [0.05, 0.1) is 10.2 Å². The van der Waals surface area contributed by atoms with Gasteiger partial charge in [0, 0.05) is 18.4 Å². The number of aromatic amines is 1. The lowest BCUT2D eigenvalue weighted by Crippen LogP contribution is -1.99. The van der Waals surface area contributed by atoms with Crippen LogP contribution >= 0.6 is 15.9 Å². The van der Waals surface area contributed by atoms with Crippen LogP contribution in [0.4, 0.5) is 5.69 Å². The van der Waals surface area contributed by atoms with E-state index in [0.29, 0.717) is 11.0 Å². The van der Waals surface area contributed by atoms with Crippen molar-refractivity contribution >= 4 is 21.6 Å². The van der Waals surface area contributed by atoms with E-state index in [1.165, 1.54) is 0 Å². The quantitative estimate of drug-likeness (QED) is 0.666. The predicted octanol–water partition coefficient (Wildman–Crippen LogP) is 4.16. The normalized spacial score (nSPS) is 10.5. The van der Waals surface area contributed by atoms with Crippen LogP contribution in [0.2, 0.25) is 0 Å². The molecule has 0 aliphatic heterocycles. The Balaban J connectivity index is 1.66. The summed E-state index contributed by atoms with van der Waals surface area (Å²) in [5.74, 6) is 0.252. The van der Waals surface area contributed by atoms with Gasteiger partial charge in [0.2, 0.25) is 0 Å². The van der Waals surface area contributed by atoms with Crippen LogP contribution in [0.5, 0.6) is 5.75 Å². The molecular weight excluding hydrogens is 330 g/mol. The first kappa shape index (κ1) is 13.7. The summed E-state index contributed by atoms with van der Waals surface area (Å²) in [5.41, 5.74) is 4.24. The van der Waals surface area contributed by atoms with E-state index < -0.39 is 0 Å². The summed E-state index contributed by atoms with van der Waals surface area (Å²) in [6, 6.07) is 15.6. The molecule has 3 rings (SSSR count). The summed E-state index contributed by atoms with van der Waals surface area (Å²) >= 11 is 3.32. The van der Waals surface area contributed by atoms with Gasteiger partial charge in [-0.05, 0) is 57.4 Å². The van der Waals surface area contributed by atoms with E-state index in [1.54, 1.807) is 12.3 Å². The summed E-state index contributed by atoms with van der Waals surface area (Å²) in [7, 11) is 0. The monoisotopic (exact) mass is 343 g/mol. The standard InChI is InChI=1S/C16H14BrN3O/c17-14-9-11(1-6-16(14)21)10-18-13-4-2-12(3-5-13)15-7-8-19-20-15/h1-9,18,21H,10H2,(H,19,20). The third-order valence-corrected chi connectivity index (χ3v) is 3.84. The third kappa shape index (κ3) is 3.25. The van der Waals surface area contributed by atoms with Gasteiger partial charge in [0.15, 0.2) is 0 Å². The smallest absolute Gasteiger partial charge is 0.129 e. The molecule has 106 valence electrons. The summed E-state index contributed by atoms with van der Waals surface area (Å²) < 4.78 is 0.705. The average Bonchev–Trinajstić information content (AvgIpc) is 3.03. The first-order valence-corrected chi connectivity index (χ1v) is 7.33. The maximum Gasteiger partial charge on any atom is 0.129 e. The van der Waals surface area contributed by atoms with Gasteiger partial charge in [-0.25, -0.2) is 0 Å². The summed E-state index contributed by atoms with van der Waals surface area (Å²) in [4.78, 5) is 0. The van der Waals surface area contributed by atoms with Crippen LogP contribution in [0.1, 0.15) is 5.56 Å². The second kappa shape index (κ2) is 6.01. The van der Waals surface area contributed by atoms with E-state index in [9.17, 15) is 5.11 Å². The molecule has 4 nitrogen and oxygen atoms in total. The number of anilines is 1. The number of H-pyrrole nitrogens is 1. The Hall–Kier alpha value is -2.27. The second-order valence-electron chi connectivity index (χ2n) is 4.69. The SMILES string of the molecule is Oc1ccc(CNc2ccc(-c3ccn[nH]3)cc2)cc1Br. The molecule has 2 aromatic carbocycles. The molecule has 0 fully saturated rings. The van der Waals surface area contributed by atoms with Crippen LogP contribution < -0.4 is 5.32 Å². The molecule has 0 radical (unpaired) electrons. The molecule has 0 saturated heterocycles. The Morgan fingerprint density at radius 2 is 1.90 bits per heavy atom. The third-order valence-electron chi connectivity index (χ3n) is 3.21. The maximum absolute atomic E-state index is 9.47. The molecule has 3 aromatic rings. The molecule has 5 heteroatoms. The Morgan fingerprint density at radius 3 is 2.57 bits per heavy atom. The number of rotatable bonds is 4. The molecule has 21 heavy (non-hydrogen) atoms. The van der Waals surface area contributed by atoms with E-state index in [0.717, 1.165) is 22.5 Å². The highest BCUT2D eigenvalue weighted by molar-refractivity contribution is 9.10. The number of benzene rings is 2. The first-order chi connectivity index (χ1) is 10.2. The molecule has 0 bridgehead atoms. The lowest BCUT2D eigenvalue weighted by Gasteiger charge is -2.08. The highest BCUT2D eigenvalue weighted by atomic mass is 79.9. The van der Waals surface area contributed by atoms with Crippen LogP contribution in [0.3, 0.4) is 0 Å². The van der Waals surface area contributed by atoms with Gasteiger partial charge in [-0.15, -0.1) is 0 Å². The number of nitrogens with one attached hydrogen (secondary N) is 2. The van der Waals surface area contributed by atoms with Gasteiger partial charge in [-0.1, -0.05) is 18.2 Å². The number of aromatic nitrogens is 2. The van der Waals surface area contributed by atoms with Gasteiger partial charge in [-0.3, -0.25) is 5.10 Å². The predicted molar refractivity (Wildman–Crippen MR) is 87.2 cm³/mol. The zero-order valence-electron chi connectivity index (χ0n) is 11.2. The lowest BCUT2D eigenvalue weighted by molar-refractivity contribution is 0.471. The van der Waals surface area contributed by atoms with Crippen molar-refractivity contribution in [1.82, 2.24) is 10.2 Å². The van der Waals surface area contributed by atoms with Crippen molar-refractivity contribution in [2.75, 3.05) is 5.32 Å². The van der Waals surface area contributed by atoms with Crippen molar-refractivity contribution in [1.29, 1.82) is 0 Å². The summed E-state index contributed by atoms with van der Waals surface area (Å²) in [6.45, 7) is 0.697. The largest absolute Gasteiger partial charge is 0.507 e. The van der Waals surface area contributed by atoms with Crippen LogP contribution in [-0.4, -0.2) is 15.3 Å². The first-order valence-electron chi connectivity index (χ1n) is 6.53. The fourth-order valence-electron chi connectivity index (χ4n) is 2.05. The topological polar surface area (TPSA) is 60.9 Å². The average molecular weight is 344 g/mol. The van der Waals surface area contributed by atoms with Crippen molar-refractivity contribution in [3.8, 4) is 17.0 Å². The number of hydrogen-bond donors (Lipinski definition) is 3. The highest BCUT2D eigenvalue weighted by Gasteiger charge is 2.01. The molecule has 0 saturated carbocycles. The van der Waals surface area contributed by atoms with Gasteiger partial charge in [-0.2, -0.15) is 5.10 Å². The fraction of sp³-hybridized carbons (Fsp3) is 0.0625. The molecule has 1 heterocycles. The van der Waals surface area contributed by atoms with Crippen molar-refractivity contribution in [2.24, 2.45) is 0 Å². The maximum atomic E-state index is 9.47. The summed E-state index contributed by atoms with van der Waals surface area (Å²) in [6.07, 6.45) is 1.74. The number of aromatic hydroxyl groups is 1. The Bertz CT molecular complexity index is 724. The number of hydrogen-bond acceptors (Lipinski definition) is 3. The minimum atomic E-state index is 0.252. The minimum absolute atomic E-state index is 0.252. The second-order valence-corrected chi connectivity index (χ2v) is 5.54. The van der Waals surface area contributed by atoms with E-state index >= 15 is 0 Å². The van der Waals surface area contributed by atoms with Crippen LogP contribution in [0, 0.1) is 0 Å². The van der Waals surface area contributed by atoms with E-state index in [4.69, 9.17) is 0 Å². The van der Waals surface area contributed by atoms with Crippen molar-refractivity contribution in [3.05, 3.63) is 64.8 Å². The number of nitrogens with zero attached hydrogens (tertiary/aromatic N) is 1. The fourth-order valence-corrected chi connectivity index (χ4v) is 2.47. The zero-order valence-corrected chi connectivity index (χ0v) is 12.8.